The van der Waals surface area contributed by atoms with E-state index in [9.17, 15) is 19.5 Å². The molecule has 0 fully saturated rings. The Balaban J connectivity index is 2.65. The molecule has 3 N–H and O–H groups in total. The summed E-state index contributed by atoms with van der Waals surface area (Å²) in [7, 11) is 0. The maximum absolute atomic E-state index is 12.1. The first kappa shape index (κ1) is 19.7. The first-order valence-corrected chi connectivity index (χ1v) is 8.12. The van der Waals surface area contributed by atoms with E-state index in [1.165, 1.54) is 0 Å². The van der Waals surface area contributed by atoms with Crippen molar-refractivity contribution in [2.45, 2.75) is 40.2 Å². The van der Waals surface area contributed by atoms with Gasteiger partial charge in [0.2, 0.25) is 0 Å². The summed E-state index contributed by atoms with van der Waals surface area (Å²) in [5.41, 5.74) is 0.869. The van der Waals surface area contributed by atoms with Gasteiger partial charge < -0.3 is 15.7 Å². The number of benzene rings is 1. The fourth-order valence-electron chi connectivity index (χ4n) is 2.28. The predicted octanol–water partition coefficient (Wildman–Crippen LogP) is 2.30. The fourth-order valence-corrected chi connectivity index (χ4v) is 2.28. The van der Waals surface area contributed by atoms with Crippen molar-refractivity contribution in [1.29, 1.82) is 0 Å². The zero-order valence-electron chi connectivity index (χ0n) is 14.6. The average Bonchev–Trinajstić information content (AvgIpc) is 2.50. The van der Waals surface area contributed by atoms with Gasteiger partial charge in [0.15, 0.2) is 0 Å². The third-order valence-electron chi connectivity index (χ3n) is 3.44. The Morgan fingerprint density at radius 2 is 1.46 bits per heavy atom. The molecule has 0 bridgehead atoms. The van der Waals surface area contributed by atoms with Crippen molar-refractivity contribution in [2.75, 3.05) is 6.54 Å². The zero-order chi connectivity index (χ0) is 18.3. The fraction of sp³-hybridized carbons (Fsp3) is 0.500. The van der Waals surface area contributed by atoms with Gasteiger partial charge >= 0.3 is 5.97 Å². The Kier molecular flexibility index (Phi) is 7.42. The van der Waals surface area contributed by atoms with Crippen LogP contribution in [0.4, 0.5) is 0 Å². The Labute approximate surface area is 142 Å². The number of rotatable bonds is 8. The van der Waals surface area contributed by atoms with Gasteiger partial charge in [-0.15, -0.1) is 0 Å². The molecule has 0 aliphatic heterocycles. The zero-order valence-corrected chi connectivity index (χ0v) is 14.6. The van der Waals surface area contributed by atoms with Crippen LogP contribution >= 0.6 is 0 Å². The molecule has 1 atom stereocenters. The first-order valence-electron chi connectivity index (χ1n) is 8.12. The number of carbonyl (C=O) groups excluding carboxylic acids is 2. The van der Waals surface area contributed by atoms with Crippen LogP contribution in [0.25, 0.3) is 0 Å². The van der Waals surface area contributed by atoms with Gasteiger partial charge in [-0.1, -0.05) is 13.8 Å². The molecule has 0 saturated carbocycles. The molecule has 132 valence electrons. The van der Waals surface area contributed by atoms with Crippen molar-refractivity contribution in [3.8, 4) is 0 Å². The molecule has 0 radical (unpaired) electrons. The summed E-state index contributed by atoms with van der Waals surface area (Å²) in [6, 6.07) is 6.31. The van der Waals surface area contributed by atoms with Gasteiger partial charge in [0.25, 0.3) is 11.8 Å². The number of nitrogens with one attached hydrogen (secondary N) is 2. The van der Waals surface area contributed by atoms with Gasteiger partial charge in [0.1, 0.15) is 0 Å². The summed E-state index contributed by atoms with van der Waals surface area (Å²) >= 11 is 0. The lowest BCUT2D eigenvalue weighted by molar-refractivity contribution is -0.142. The number of hydrogen-bond acceptors (Lipinski definition) is 3. The first-order chi connectivity index (χ1) is 11.2. The van der Waals surface area contributed by atoms with E-state index < -0.39 is 11.9 Å². The summed E-state index contributed by atoms with van der Waals surface area (Å²) in [6.07, 6.45) is 0.504. The highest BCUT2D eigenvalue weighted by Crippen LogP contribution is 2.12. The minimum absolute atomic E-state index is 0.0365. The summed E-state index contributed by atoms with van der Waals surface area (Å²) in [6.45, 7) is 7.71. The van der Waals surface area contributed by atoms with Crippen LogP contribution in [-0.4, -0.2) is 35.5 Å². The van der Waals surface area contributed by atoms with E-state index >= 15 is 0 Å². The molecule has 0 aliphatic rings. The van der Waals surface area contributed by atoms with E-state index in [0.29, 0.717) is 17.5 Å². The van der Waals surface area contributed by atoms with Crippen LogP contribution in [0, 0.1) is 11.8 Å². The molecule has 24 heavy (non-hydrogen) atoms. The van der Waals surface area contributed by atoms with Gasteiger partial charge in [0.05, 0.1) is 5.92 Å². The van der Waals surface area contributed by atoms with Gasteiger partial charge in [-0.2, -0.15) is 0 Å². The Morgan fingerprint density at radius 1 is 0.958 bits per heavy atom. The van der Waals surface area contributed by atoms with Crippen LogP contribution in [-0.2, 0) is 4.79 Å². The van der Waals surface area contributed by atoms with Crippen molar-refractivity contribution in [1.82, 2.24) is 10.6 Å². The minimum atomic E-state index is -0.912. The molecule has 1 aromatic rings. The smallest absolute Gasteiger partial charge is 0.308 e. The van der Waals surface area contributed by atoms with E-state index in [-0.39, 0.29) is 30.3 Å². The number of hydrogen-bond donors (Lipinski definition) is 3. The van der Waals surface area contributed by atoms with Crippen molar-refractivity contribution >= 4 is 17.8 Å². The summed E-state index contributed by atoms with van der Waals surface area (Å²) in [5, 5.41) is 14.6. The molecule has 0 aromatic heterocycles. The second-order valence-electron chi connectivity index (χ2n) is 6.58. The van der Waals surface area contributed by atoms with E-state index in [2.05, 4.69) is 10.6 Å². The van der Waals surface area contributed by atoms with Gasteiger partial charge in [0, 0.05) is 23.7 Å². The second kappa shape index (κ2) is 9.05. The third kappa shape index (κ3) is 6.40. The topological polar surface area (TPSA) is 95.5 Å². The molecule has 1 rings (SSSR count). The van der Waals surface area contributed by atoms with Crippen molar-refractivity contribution in [3.63, 3.8) is 0 Å². The number of carbonyl (C=O) groups is 3. The summed E-state index contributed by atoms with van der Waals surface area (Å²) in [5.74, 6) is -1.82. The van der Waals surface area contributed by atoms with Crippen LogP contribution in [0.15, 0.2) is 24.3 Å². The van der Waals surface area contributed by atoms with E-state index in [4.69, 9.17) is 0 Å². The number of carboxylic acids is 1. The largest absolute Gasteiger partial charge is 0.481 e. The molecular formula is C18H26N2O4. The molecule has 2 amide bonds. The lowest BCUT2D eigenvalue weighted by atomic mass is 9.97. The molecule has 0 aliphatic carbocycles. The van der Waals surface area contributed by atoms with Gasteiger partial charge in [-0.25, -0.2) is 0 Å². The molecular weight excluding hydrogens is 308 g/mol. The lowest BCUT2D eigenvalue weighted by Gasteiger charge is -2.15. The molecule has 6 nitrogen and oxygen atoms in total. The van der Waals surface area contributed by atoms with Gasteiger partial charge in [-0.05, 0) is 50.5 Å². The molecule has 0 heterocycles. The lowest BCUT2D eigenvalue weighted by Crippen LogP contribution is -2.33. The Hall–Kier alpha value is -2.37. The van der Waals surface area contributed by atoms with Gasteiger partial charge in [-0.3, -0.25) is 14.4 Å². The average molecular weight is 334 g/mol. The molecule has 0 saturated heterocycles. The van der Waals surface area contributed by atoms with E-state index in [1.807, 2.05) is 27.7 Å². The van der Waals surface area contributed by atoms with Crippen LogP contribution in [0.2, 0.25) is 0 Å². The Bertz CT molecular complexity index is 579. The van der Waals surface area contributed by atoms with Crippen LogP contribution in [0.1, 0.15) is 54.8 Å². The van der Waals surface area contributed by atoms with E-state index in [1.54, 1.807) is 24.3 Å². The summed E-state index contributed by atoms with van der Waals surface area (Å²) in [4.78, 5) is 35.2. The summed E-state index contributed by atoms with van der Waals surface area (Å²) < 4.78 is 0. The van der Waals surface area contributed by atoms with Crippen molar-refractivity contribution in [3.05, 3.63) is 35.4 Å². The predicted molar refractivity (Wildman–Crippen MR) is 92.0 cm³/mol. The highest BCUT2D eigenvalue weighted by Gasteiger charge is 2.20. The molecule has 0 spiro atoms. The quantitative estimate of drug-likeness (QED) is 0.680. The van der Waals surface area contributed by atoms with E-state index in [0.717, 1.165) is 0 Å². The minimum Gasteiger partial charge on any atom is -0.481 e. The molecule has 1 aromatic carbocycles. The normalized spacial score (nSPS) is 12.1. The van der Waals surface area contributed by atoms with Crippen LogP contribution in [0.3, 0.4) is 0 Å². The van der Waals surface area contributed by atoms with Crippen molar-refractivity contribution < 1.29 is 19.5 Å². The second-order valence-corrected chi connectivity index (χ2v) is 6.58. The van der Waals surface area contributed by atoms with Crippen LogP contribution < -0.4 is 10.6 Å². The highest BCUT2D eigenvalue weighted by atomic mass is 16.4. The monoisotopic (exact) mass is 334 g/mol. The standard InChI is InChI=1S/C18H26N2O4/c1-11(2)9-15(18(23)24)10-19-16(21)13-5-7-14(8-6-13)17(22)20-12(3)4/h5-8,11-12,15H,9-10H2,1-4H3,(H,19,21)(H,20,22)(H,23,24). The van der Waals surface area contributed by atoms with Crippen molar-refractivity contribution in [2.24, 2.45) is 11.8 Å². The highest BCUT2D eigenvalue weighted by molar-refractivity contribution is 5.98. The Morgan fingerprint density at radius 3 is 1.88 bits per heavy atom. The number of carboxylic acid groups (broad SMARTS) is 1. The third-order valence-corrected chi connectivity index (χ3v) is 3.44. The number of aliphatic carboxylic acids is 1. The molecule has 6 heteroatoms. The number of amides is 2. The van der Waals surface area contributed by atoms with Crippen LogP contribution in [0.5, 0.6) is 0 Å². The maximum Gasteiger partial charge on any atom is 0.308 e. The maximum atomic E-state index is 12.1. The molecule has 1 unspecified atom stereocenters. The SMILES string of the molecule is CC(C)CC(CNC(=O)c1ccc(C(=O)NC(C)C)cc1)C(=O)O.